The van der Waals surface area contributed by atoms with Gasteiger partial charge in [0.05, 0.1) is 17.8 Å². The lowest BCUT2D eigenvalue weighted by Gasteiger charge is -2.13. The van der Waals surface area contributed by atoms with E-state index in [2.05, 4.69) is 47.7 Å². The number of halogens is 1. The number of carbonyl (C=O) groups is 1. The highest BCUT2D eigenvalue weighted by molar-refractivity contribution is 6.32. The number of aromatic nitrogens is 1. The Kier molecular flexibility index (Phi) is 9.12. The lowest BCUT2D eigenvalue weighted by Crippen LogP contribution is -2.16. The number of ether oxygens (including phenoxy) is 3. The summed E-state index contributed by atoms with van der Waals surface area (Å²) in [5, 5.41) is 4.36. The number of hydrogen-bond acceptors (Lipinski definition) is 6. The van der Waals surface area contributed by atoms with Crippen LogP contribution in [0.25, 0.3) is 5.69 Å². The number of benzene rings is 2. The molecule has 0 aliphatic rings. The number of hydrogen-bond donors (Lipinski definition) is 1. The number of amides is 1. The third kappa shape index (κ3) is 6.91. The van der Waals surface area contributed by atoms with Gasteiger partial charge in [0.25, 0.3) is 0 Å². The van der Waals surface area contributed by atoms with Crippen LogP contribution in [-0.4, -0.2) is 29.9 Å². The van der Waals surface area contributed by atoms with E-state index in [1.165, 1.54) is 6.21 Å². The van der Waals surface area contributed by atoms with Gasteiger partial charge in [0, 0.05) is 17.1 Å². The smallest absolute Gasteiger partial charge is 0.307 e. The molecule has 2 heterocycles. The predicted octanol–water partition coefficient (Wildman–Crippen LogP) is 6.65. The third-order valence-corrected chi connectivity index (χ3v) is 5.97. The van der Waals surface area contributed by atoms with Crippen LogP contribution in [0.5, 0.6) is 17.2 Å². The molecule has 1 amide bonds. The fraction of sp³-hybridized carbons (Fsp3) is 0.200. The third-order valence-electron chi connectivity index (χ3n) is 5.69. The van der Waals surface area contributed by atoms with Gasteiger partial charge in [-0.1, -0.05) is 24.3 Å². The molecule has 0 saturated heterocycles. The fourth-order valence-electron chi connectivity index (χ4n) is 3.93. The molecule has 0 fully saturated rings. The van der Waals surface area contributed by atoms with Crippen molar-refractivity contribution >= 4 is 23.7 Å². The van der Waals surface area contributed by atoms with Gasteiger partial charge in [-0.3, -0.25) is 4.79 Å². The molecule has 0 radical (unpaired) electrons. The molecule has 0 atom stereocenters. The Bertz CT molecular complexity index is 1450. The number of nitrogens with one attached hydrogen (secondary N) is 1. The van der Waals surface area contributed by atoms with E-state index in [0.29, 0.717) is 46.8 Å². The first-order valence-electron chi connectivity index (χ1n) is 12.4. The second-order valence-corrected chi connectivity index (χ2v) is 8.97. The molecule has 4 aromatic rings. The second kappa shape index (κ2) is 12.9. The van der Waals surface area contributed by atoms with Crippen molar-refractivity contribution in [2.75, 3.05) is 13.2 Å². The van der Waals surface area contributed by atoms with Gasteiger partial charge < -0.3 is 23.2 Å². The first-order valence-corrected chi connectivity index (χ1v) is 12.8. The average Bonchev–Trinajstić information content (AvgIpc) is 3.53. The number of rotatable bonds is 12. The van der Waals surface area contributed by atoms with Gasteiger partial charge >= 0.3 is 5.91 Å². The Balaban J connectivity index is 1.33. The van der Waals surface area contributed by atoms with Crippen molar-refractivity contribution in [1.82, 2.24) is 9.99 Å². The van der Waals surface area contributed by atoms with Crippen LogP contribution in [0, 0.1) is 13.8 Å². The Morgan fingerprint density at radius 2 is 1.79 bits per heavy atom. The van der Waals surface area contributed by atoms with Gasteiger partial charge in [0.1, 0.15) is 24.7 Å². The highest BCUT2D eigenvalue weighted by Crippen LogP contribution is 2.36. The molecule has 39 heavy (non-hydrogen) atoms. The maximum Gasteiger partial charge on any atom is 0.307 e. The molecule has 8 nitrogen and oxygen atoms in total. The summed E-state index contributed by atoms with van der Waals surface area (Å²) < 4.78 is 24.8. The Hall–Kier alpha value is -4.43. The van der Waals surface area contributed by atoms with E-state index < -0.39 is 5.91 Å². The standard InChI is InChI=1S/C30H30ClN3O5/c1-5-15-37-29-26(31)16-22(17-28(29)36-6-2)18-32-33-30(35)27-14-13-25(39-27)19-38-24-11-9-23(10-12-24)34-20(3)7-8-21(34)4/h5,7-14,16-18H,1,6,15,19H2,2-4H3,(H,33,35)/b32-18+. The molecule has 2 aromatic heterocycles. The first-order chi connectivity index (χ1) is 18.9. The maximum atomic E-state index is 12.5. The van der Waals surface area contributed by atoms with E-state index in [4.69, 9.17) is 30.2 Å². The molecule has 2 aromatic carbocycles. The molecule has 0 spiro atoms. The van der Waals surface area contributed by atoms with Crippen LogP contribution in [0.3, 0.4) is 0 Å². The molecular formula is C30H30ClN3O5. The summed E-state index contributed by atoms with van der Waals surface area (Å²) in [4.78, 5) is 12.5. The summed E-state index contributed by atoms with van der Waals surface area (Å²) in [5.74, 6) is 1.71. The number of furan rings is 1. The van der Waals surface area contributed by atoms with Crippen molar-refractivity contribution in [2.24, 2.45) is 5.10 Å². The molecule has 0 aliphatic heterocycles. The molecule has 0 unspecified atom stereocenters. The minimum atomic E-state index is -0.499. The highest BCUT2D eigenvalue weighted by atomic mass is 35.5. The average molecular weight is 548 g/mol. The van der Waals surface area contributed by atoms with Crippen molar-refractivity contribution in [2.45, 2.75) is 27.4 Å². The van der Waals surface area contributed by atoms with Crippen LogP contribution >= 0.6 is 11.6 Å². The van der Waals surface area contributed by atoms with Crippen molar-refractivity contribution < 1.29 is 23.4 Å². The van der Waals surface area contributed by atoms with Gasteiger partial charge in [-0.15, -0.1) is 0 Å². The molecule has 0 bridgehead atoms. The molecule has 1 N–H and O–H groups in total. The van der Waals surface area contributed by atoms with E-state index in [9.17, 15) is 4.79 Å². The summed E-state index contributed by atoms with van der Waals surface area (Å²) >= 11 is 6.35. The minimum absolute atomic E-state index is 0.112. The molecular weight excluding hydrogens is 518 g/mol. The van der Waals surface area contributed by atoms with Crippen molar-refractivity contribution in [3.63, 3.8) is 0 Å². The second-order valence-electron chi connectivity index (χ2n) is 8.56. The fourth-order valence-corrected chi connectivity index (χ4v) is 4.20. The Labute approximate surface area is 232 Å². The van der Waals surface area contributed by atoms with Crippen LogP contribution in [0.2, 0.25) is 5.02 Å². The minimum Gasteiger partial charge on any atom is -0.490 e. The van der Waals surface area contributed by atoms with E-state index in [-0.39, 0.29) is 12.4 Å². The van der Waals surface area contributed by atoms with Gasteiger partial charge in [-0.25, -0.2) is 5.43 Å². The highest BCUT2D eigenvalue weighted by Gasteiger charge is 2.13. The van der Waals surface area contributed by atoms with E-state index in [0.717, 1.165) is 17.1 Å². The van der Waals surface area contributed by atoms with Gasteiger partial charge in [0.15, 0.2) is 17.3 Å². The lowest BCUT2D eigenvalue weighted by atomic mass is 10.2. The zero-order chi connectivity index (χ0) is 27.8. The lowest BCUT2D eigenvalue weighted by molar-refractivity contribution is 0.0923. The normalized spacial score (nSPS) is 11.0. The first kappa shape index (κ1) is 27.6. The van der Waals surface area contributed by atoms with Crippen molar-refractivity contribution in [1.29, 1.82) is 0 Å². The van der Waals surface area contributed by atoms with Gasteiger partial charge in [-0.2, -0.15) is 5.10 Å². The van der Waals surface area contributed by atoms with Crippen LogP contribution in [-0.2, 0) is 6.61 Å². The van der Waals surface area contributed by atoms with Gasteiger partial charge in [-0.05, 0) is 87.0 Å². The van der Waals surface area contributed by atoms with Crippen LogP contribution in [0.4, 0.5) is 0 Å². The summed E-state index contributed by atoms with van der Waals surface area (Å²) in [6.45, 7) is 10.5. The summed E-state index contributed by atoms with van der Waals surface area (Å²) in [7, 11) is 0. The maximum absolute atomic E-state index is 12.5. The SMILES string of the molecule is C=CCOc1c(Cl)cc(/C=N/NC(=O)c2ccc(COc3ccc(-n4c(C)ccc4C)cc3)o2)cc1OCC. The van der Waals surface area contributed by atoms with Gasteiger partial charge in [0.2, 0.25) is 0 Å². The predicted molar refractivity (Wildman–Crippen MR) is 152 cm³/mol. The summed E-state index contributed by atoms with van der Waals surface area (Å²) in [6.07, 6.45) is 3.07. The van der Waals surface area contributed by atoms with Crippen LogP contribution < -0.4 is 19.6 Å². The van der Waals surface area contributed by atoms with E-state index >= 15 is 0 Å². The number of carbonyl (C=O) groups excluding carboxylic acids is 1. The van der Waals surface area contributed by atoms with Crippen molar-refractivity contribution in [3.05, 3.63) is 107 Å². The molecule has 0 aliphatic carbocycles. The Morgan fingerprint density at radius 1 is 1.05 bits per heavy atom. The largest absolute Gasteiger partial charge is 0.490 e. The number of aryl methyl sites for hydroxylation is 2. The zero-order valence-corrected chi connectivity index (χ0v) is 22.8. The molecule has 202 valence electrons. The number of nitrogens with zero attached hydrogens (tertiary/aromatic N) is 2. The topological polar surface area (TPSA) is 87.2 Å². The molecule has 0 saturated carbocycles. The van der Waals surface area contributed by atoms with Crippen LogP contribution in [0.1, 0.15) is 40.2 Å². The van der Waals surface area contributed by atoms with Crippen molar-refractivity contribution in [3.8, 4) is 22.9 Å². The summed E-state index contributed by atoms with van der Waals surface area (Å²) in [5.41, 5.74) is 6.46. The molecule has 9 heteroatoms. The van der Waals surface area contributed by atoms with Crippen LogP contribution in [0.15, 0.2) is 82.8 Å². The van der Waals surface area contributed by atoms with E-state index in [1.54, 1.807) is 30.3 Å². The number of hydrazone groups is 1. The monoisotopic (exact) mass is 547 g/mol. The Morgan fingerprint density at radius 3 is 2.49 bits per heavy atom. The van der Waals surface area contributed by atoms with E-state index in [1.807, 2.05) is 31.2 Å². The zero-order valence-electron chi connectivity index (χ0n) is 22.1. The quantitative estimate of drug-likeness (QED) is 0.122. The summed E-state index contributed by atoms with van der Waals surface area (Å²) in [6, 6.07) is 18.6. The molecule has 4 rings (SSSR count).